The highest BCUT2D eigenvalue weighted by Crippen LogP contribution is 2.39. The van der Waals surface area contributed by atoms with E-state index < -0.39 is 24.0 Å². The van der Waals surface area contributed by atoms with Gasteiger partial charge in [0.1, 0.15) is 17.5 Å². The topological polar surface area (TPSA) is 102 Å². The second kappa shape index (κ2) is 10.1. The minimum absolute atomic E-state index is 0.311. The van der Waals surface area contributed by atoms with Gasteiger partial charge in [0, 0.05) is 5.69 Å². The van der Waals surface area contributed by atoms with Gasteiger partial charge in [0.15, 0.2) is 6.10 Å². The van der Waals surface area contributed by atoms with E-state index in [1.165, 1.54) is 13.8 Å². The van der Waals surface area contributed by atoms with E-state index in [2.05, 4.69) is 5.32 Å². The van der Waals surface area contributed by atoms with Crippen molar-refractivity contribution in [3.8, 4) is 11.5 Å². The van der Waals surface area contributed by atoms with Crippen molar-refractivity contribution in [1.82, 2.24) is 4.90 Å². The molecule has 4 rings (SSSR count). The first-order chi connectivity index (χ1) is 16.3. The van der Waals surface area contributed by atoms with Crippen molar-refractivity contribution < 1.29 is 28.7 Å². The number of rotatable bonds is 7. The Balaban J connectivity index is 1.31. The van der Waals surface area contributed by atoms with E-state index in [-0.39, 0.29) is 23.7 Å². The molecular formula is C26H28N2O6. The van der Waals surface area contributed by atoms with Crippen LogP contribution in [0.1, 0.15) is 39.5 Å². The lowest BCUT2D eigenvalue weighted by Gasteiger charge is -2.23. The fraction of sp³-hybridized carbons (Fsp3) is 0.385. The van der Waals surface area contributed by atoms with Gasteiger partial charge in [-0.05, 0) is 63.1 Å². The number of ether oxygens (including phenoxy) is 2. The first-order valence-electron chi connectivity index (χ1n) is 11.6. The number of anilines is 1. The van der Waals surface area contributed by atoms with E-state index in [0.717, 1.165) is 17.7 Å². The van der Waals surface area contributed by atoms with E-state index in [0.29, 0.717) is 30.0 Å². The molecule has 1 heterocycles. The molecule has 178 valence electrons. The summed E-state index contributed by atoms with van der Waals surface area (Å²) in [6.45, 7) is 2.91. The Hall–Kier alpha value is -3.68. The van der Waals surface area contributed by atoms with E-state index >= 15 is 0 Å². The quantitative estimate of drug-likeness (QED) is 0.492. The Morgan fingerprint density at radius 3 is 2.03 bits per heavy atom. The number of esters is 1. The molecule has 0 aromatic heterocycles. The SMILES string of the molecule is CC(OC(=O)[C@H](C)N1C(=O)C2CCCCC2C1=O)C(=O)Nc1ccc(Oc2ccccc2)cc1. The lowest BCUT2D eigenvalue weighted by molar-refractivity contribution is -0.163. The summed E-state index contributed by atoms with van der Waals surface area (Å²) in [5.74, 6) is -1.30. The lowest BCUT2D eigenvalue weighted by atomic mass is 9.81. The summed E-state index contributed by atoms with van der Waals surface area (Å²) in [5.41, 5.74) is 0.510. The number of para-hydroxylation sites is 1. The van der Waals surface area contributed by atoms with Crippen LogP contribution in [0.15, 0.2) is 54.6 Å². The molecule has 4 atom stereocenters. The molecule has 8 heteroatoms. The number of likely N-dealkylation sites (tertiary alicyclic amines) is 1. The number of benzene rings is 2. The highest BCUT2D eigenvalue weighted by atomic mass is 16.5. The van der Waals surface area contributed by atoms with Crippen LogP contribution in [0.4, 0.5) is 5.69 Å². The number of hydrogen-bond donors (Lipinski definition) is 1. The number of amides is 3. The van der Waals surface area contributed by atoms with Gasteiger partial charge >= 0.3 is 5.97 Å². The molecule has 2 aromatic rings. The van der Waals surface area contributed by atoms with E-state index in [1.807, 2.05) is 30.3 Å². The molecule has 1 aliphatic heterocycles. The van der Waals surface area contributed by atoms with Crippen LogP contribution in [-0.4, -0.2) is 40.7 Å². The summed E-state index contributed by atoms with van der Waals surface area (Å²) in [6, 6.07) is 15.0. The van der Waals surface area contributed by atoms with Gasteiger partial charge in [0.2, 0.25) is 11.8 Å². The van der Waals surface area contributed by atoms with Crippen LogP contribution in [-0.2, 0) is 23.9 Å². The Morgan fingerprint density at radius 1 is 0.882 bits per heavy atom. The molecule has 1 saturated carbocycles. The molecule has 8 nitrogen and oxygen atoms in total. The summed E-state index contributed by atoms with van der Waals surface area (Å²) in [4.78, 5) is 51.6. The van der Waals surface area contributed by atoms with Gasteiger partial charge in [-0.25, -0.2) is 4.79 Å². The summed E-state index contributed by atoms with van der Waals surface area (Å²) in [7, 11) is 0. The molecule has 34 heavy (non-hydrogen) atoms. The fourth-order valence-corrected chi connectivity index (χ4v) is 4.48. The van der Waals surface area contributed by atoms with Gasteiger partial charge in [-0.3, -0.25) is 19.3 Å². The number of hydrogen-bond acceptors (Lipinski definition) is 6. The maximum Gasteiger partial charge on any atom is 0.329 e. The normalized spacial score (nSPS) is 21.4. The van der Waals surface area contributed by atoms with Crippen molar-refractivity contribution >= 4 is 29.4 Å². The molecular weight excluding hydrogens is 436 g/mol. The van der Waals surface area contributed by atoms with Gasteiger partial charge in [-0.2, -0.15) is 0 Å². The van der Waals surface area contributed by atoms with E-state index in [9.17, 15) is 19.2 Å². The van der Waals surface area contributed by atoms with Gasteiger partial charge in [-0.1, -0.05) is 31.0 Å². The number of nitrogens with one attached hydrogen (secondary N) is 1. The summed E-state index contributed by atoms with van der Waals surface area (Å²) >= 11 is 0. The predicted molar refractivity (Wildman–Crippen MR) is 124 cm³/mol. The maximum absolute atomic E-state index is 12.7. The molecule has 3 unspecified atom stereocenters. The van der Waals surface area contributed by atoms with Crippen molar-refractivity contribution in [2.45, 2.75) is 51.7 Å². The second-order valence-electron chi connectivity index (χ2n) is 8.73. The van der Waals surface area contributed by atoms with Crippen molar-refractivity contribution in [3.63, 3.8) is 0 Å². The summed E-state index contributed by atoms with van der Waals surface area (Å²) in [6.07, 6.45) is 2.04. The molecule has 1 N–H and O–H groups in total. The first-order valence-corrected chi connectivity index (χ1v) is 11.6. The highest BCUT2D eigenvalue weighted by Gasteiger charge is 2.51. The molecule has 2 aromatic carbocycles. The van der Waals surface area contributed by atoms with E-state index in [1.54, 1.807) is 24.3 Å². The van der Waals surface area contributed by atoms with Crippen LogP contribution in [0.2, 0.25) is 0 Å². The third kappa shape index (κ3) is 4.95. The van der Waals surface area contributed by atoms with Crippen LogP contribution in [0.25, 0.3) is 0 Å². The zero-order chi connectivity index (χ0) is 24.2. The molecule has 2 fully saturated rings. The van der Waals surface area contributed by atoms with Crippen LogP contribution in [0.5, 0.6) is 11.5 Å². The van der Waals surface area contributed by atoms with Crippen molar-refractivity contribution in [1.29, 1.82) is 0 Å². The van der Waals surface area contributed by atoms with Gasteiger partial charge in [0.25, 0.3) is 5.91 Å². The first kappa shape index (κ1) is 23.5. The van der Waals surface area contributed by atoms with Crippen LogP contribution in [0.3, 0.4) is 0 Å². The zero-order valence-electron chi connectivity index (χ0n) is 19.2. The van der Waals surface area contributed by atoms with E-state index in [4.69, 9.17) is 9.47 Å². The molecule has 1 aliphatic carbocycles. The lowest BCUT2D eigenvalue weighted by Crippen LogP contribution is -2.46. The number of imide groups is 1. The third-order valence-corrected chi connectivity index (χ3v) is 6.37. The third-order valence-electron chi connectivity index (χ3n) is 6.37. The minimum Gasteiger partial charge on any atom is -0.457 e. The summed E-state index contributed by atoms with van der Waals surface area (Å²) < 4.78 is 11.0. The van der Waals surface area contributed by atoms with Crippen molar-refractivity contribution in [3.05, 3.63) is 54.6 Å². The molecule has 2 aliphatic rings. The molecule has 0 spiro atoms. The zero-order valence-corrected chi connectivity index (χ0v) is 19.2. The van der Waals surface area contributed by atoms with Crippen molar-refractivity contribution in [2.24, 2.45) is 11.8 Å². The fourth-order valence-electron chi connectivity index (χ4n) is 4.48. The molecule has 0 radical (unpaired) electrons. The Bertz CT molecular complexity index is 1040. The standard InChI is InChI=1S/C26H28N2O6/c1-16(28-24(30)21-10-6-7-11-22(21)25(28)31)26(32)33-17(2)23(29)27-18-12-14-20(15-13-18)34-19-8-4-3-5-9-19/h3-5,8-9,12-17,21-22H,6-7,10-11H2,1-2H3,(H,27,29)/t16-,17?,21?,22?/m0/s1. The predicted octanol–water partition coefficient (Wildman–Crippen LogP) is 3.91. The number of carbonyl (C=O) groups excluding carboxylic acids is 4. The van der Waals surface area contributed by atoms with Crippen LogP contribution < -0.4 is 10.1 Å². The van der Waals surface area contributed by atoms with Crippen molar-refractivity contribution in [2.75, 3.05) is 5.32 Å². The minimum atomic E-state index is -1.11. The van der Waals surface area contributed by atoms with Gasteiger partial charge in [-0.15, -0.1) is 0 Å². The van der Waals surface area contributed by atoms with Crippen LogP contribution in [0, 0.1) is 11.8 Å². The number of fused-ring (bicyclic) bond motifs is 1. The molecule has 0 bridgehead atoms. The molecule has 1 saturated heterocycles. The average Bonchev–Trinajstić information content (AvgIpc) is 3.10. The number of nitrogens with zero attached hydrogens (tertiary/aromatic N) is 1. The van der Waals surface area contributed by atoms with Gasteiger partial charge in [0.05, 0.1) is 11.8 Å². The smallest absolute Gasteiger partial charge is 0.329 e. The Labute approximate surface area is 198 Å². The second-order valence-corrected chi connectivity index (χ2v) is 8.73. The molecule has 3 amide bonds. The van der Waals surface area contributed by atoms with Crippen LogP contribution >= 0.6 is 0 Å². The monoisotopic (exact) mass is 464 g/mol. The summed E-state index contributed by atoms with van der Waals surface area (Å²) in [5, 5.41) is 2.69. The van der Waals surface area contributed by atoms with Gasteiger partial charge < -0.3 is 14.8 Å². The highest BCUT2D eigenvalue weighted by molar-refractivity contribution is 6.08. The Morgan fingerprint density at radius 2 is 1.44 bits per heavy atom. The average molecular weight is 465 g/mol. The largest absolute Gasteiger partial charge is 0.457 e. The maximum atomic E-state index is 12.7. The number of carbonyl (C=O) groups is 4. The Kier molecular flexibility index (Phi) is 6.95.